The molecule has 1 atom stereocenters. The van der Waals surface area contributed by atoms with Crippen LogP contribution in [0, 0.1) is 0 Å². The van der Waals surface area contributed by atoms with Gasteiger partial charge in [-0.2, -0.15) is 4.37 Å². The number of nitrogens with two attached hydrogens (primary N) is 1. The maximum absolute atomic E-state index is 5.55. The molecule has 1 aromatic rings. The lowest BCUT2D eigenvalue weighted by Gasteiger charge is -2.39. The Morgan fingerprint density at radius 1 is 1.82 bits per heavy atom. The molecule has 2 heterocycles. The van der Waals surface area contributed by atoms with Crippen molar-refractivity contribution in [2.45, 2.75) is 12.5 Å². The lowest BCUT2D eigenvalue weighted by atomic mass is 10.1. The van der Waals surface area contributed by atoms with E-state index in [1.54, 1.807) is 6.33 Å². The second-order valence-corrected chi connectivity index (χ2v) is 3.35. The molecule has 1 aromatic heterocycles. The highest BCUT2D eigenvalue weighted by Gasteiger charge is 2.28. The standard InChI is InChI=1S/C6H10N4S/c7-3-5-1-2-10(5)6-8-4-9-11-6/h4-5H,1-3,7H2. The molecule has 2 rings (SSSR count). The Balaban J connectivity index is 2.07. The molecule has 0 aliphatic carbocycles. The van der Waals surface area contributed by atoms with Crippen molar-refractivity contribution < 1.29 is 0 Å². The lowest BCUT2D eigenvalue weighted by molar-refractivity contribution is 0.455. The van der Waals surface area contributed by atoms with Gasteiger partial charge in [0.15, 0.2) is 0 Å². The van der Waals surface area contributed by atoms with Crippen molar-refractivity contribution in [3.05, 3.63) is 6.33 Å². The van der Waals surface area contributed by atoms with E-state index in [9.17, 15) is 0 Å². The Bertz CT molecular complexity index is 220. The molecular weight excluding hydrogens is 160 g/mol. The fraction of sp³-hybridized carbons (Fsp3) is 0.667. The third kappa shape index (κ3) is 1.10. The number of hydrogen-bond acceptors (Lipinski definition) is 5. The molecule has 5 heteroatoms. The highest BCUT2D eigenvalue weighted by atomic mass is 32.1. The molecule has 4 nitrogen and oxygen atoms in total. The van der Waals surface area contributed by atoms with Gasteiger partial charge in [0, 0.05) is 30.7 Å². The molecule has 2 N–H and O–H groups in total. The predicted molar refractivity (Wildman–Crippen MR) is 44.7 cm³/mol. The van der Waals surface area contributed by atoms with Crippen LogP contribution in [0.2, 0.25) is 0 Å². The summed E-state index contributed by atoms with van der Waals surface area (Å²) in [6, 6.07) is 0.503. The van der Waals surface area contributed by atoms with Crippen LogP contribution in [0.4, 0.5) is 5.13 Å². The van der Waals surface area contributed by atoms with Crippen molar-refractivity contribution in [1.29, 1.82) is 0 Å². The molecule has 60 valence electrons. The topological polar surface area (TPSA) is 55.0 Å². The van der Waals surface area contributed by atoms with Crippen LogP contribution in [-0.2, 0) is 0 Å². The third-order valence-electron chi connectivity index (χ3n) is 2.01. The van der Waals surface area contributed by atoms with Crippen molar-refractivity contribution in [2.75, 3.05) is 18.0 Å². The van der Waals surface area contributed by atoms with E-state index in [2.05, 4.69) is 14.3 Å². The Kier molecular flexibility index (Phi) is 1.75. The summed E-state index contributed by atoms with van der Waals surface area (Å²) in [4.78, 5) is 6.32. The summed E-state index contributed by atoms with van der Waals surface area (Å²) in [5, 5.41) is 1.01. The van der Waals surface area contributed by atoms with Crippen molar-refractivity contribution in [2.24, 2.45) is 5.73 Å². The highest BCUT2D eigenvalue weighted by Crippen LogP contribution is 2.25. The quantitative estimate of drug-likeness (QED) is 0.682. The second kappa shape index (κ2) is 2.75. The predicted octanol–water partition coefficient (Wildman–Crippen LogP) is 0.0755. The fourth-order valence-electron chi connectivity index (χ4n) is 1.23. The Morgan fingerprint density at radius 3 is 3.18 bits per heavy atom. The van der Waals surface area contributed by atoms with E-state index in [0.717, 1.165) is 18.2 Å². The van der Waals surface area contributed by atoms with Crippen molar-refractivity contribution >= 4 is 16.7 Å². The van der Waals surface area contributed by atoms with E-state index in [4.69, 9.17) is 5.73 Å². The first-order valence-electron chi connectivity index (χ1n) is 3.65. The molecule has 1 unspecified atom stereocenters. The van der Waals surface area contributed by atoms with E-state index >= 15 is 0 Å². The average molecular weight is 170 g/mol. The zero-order valence-corrected chi connectivity index (χ0v) is 6.92. The molecule has 1 fully saturated rings. The van der Waals surface area contributed by atoms with Gasteiger partial charge in [0.25, 0.3) is 0 Å². The van der Waals surface area contributed by atoms with Gasteiger partial charge in [-0.1, -0.05) is 0 Å². The van der Waals surface area contributed by atoms with Gasteiger partial charge in [-0.05, 0) is 6.42 Å². The third-order valence-corrected chi connectivity index (χ3v) is 2.71. The molecule has 1 aliphatic heterocycles. The van der Waals surface area contributed by atoms with Gasteiger partial charge in [-0.25, -0.2) is 4.98 Å². The minimum absolute atomic E-state index is 0.503. The maximum atomic E-state index is 5.55. The van der Waals surface area contributed by atoms with Crippen molar-refractivity contribution in [3.8, 4) is 0 Å². The first-order valence-corrected chi connectivity index (χ1v) is 4.42. The minimum Gasteiger partial charge on any atom is -0.342 e. The first kappa shape index (κ1) is 7.00. The Hall–Kier alpha value is -0.680. The largest absolute Gasteiger partial charge is 0.342 e. The molecular formula is C6H10N4S. The SMILES string of the molecule is NCC1CCN1c1ncns1. The number of nitrogens with zero attached hydrogens (tertiary/aromatic N) is 3. The van der Waals surface area contributed by atoms with E-state index in [1.165, 1.54) is 18.0 Å². The van der Waals surface area contributed by atoms with Crippen LogP contribution >= 0.6 is 11.5 Å². The number of hydrogen-bond donors (Lipinski definition) is 1. The molecule has 0 aromatic carbocycles. The van der Waals surface area contributed by atoms with Gasteiger partial charge in [0.05, 0.1) is 0 Å². The van der Waals surface area contributed by atoms with Gasteiger partial charge in [-0.3, -0.25) is 0 Å². The second-order valence-electron chi connectivity index (χ2n) is 2.60. The molecule has 0 spiro atoms. The smallest absolute Gasteiger partial charge is 0.205 e. The number of anilines is 1. The van der Waals surface area contributed by atoms with Crippen LogP contribution in [0.3, 0.4) is 0 Å². The van der Waals surface area contributed by atoms with Crippen molar-refractivity contribution in [1.82, 2.24) is 9.36 Å². The van der Waals surface area contributed by atoms with Crippen LogP contribution in [0.15, 0.2) is 6.33 Å². The van der Waals surface area contributed by atoms with Gasteiger partial charge in [0.1, 0.15) is 6.33 Å². The van der Waals surface area contributed by atoms with Crippen molar-refractivity contribution in [3.63, 3.8) is 0 Å². The summed E-state index contributed by atoms with van der Waals surface area (Å²) in [5.41, 5.74) is 5.55. The van der Waals surface area contributed by atoms with Crippen LogP contribution in [0.1, 0.15) is 6.42 Å². The van der Waals surface area contributed by atoms with Crippen LogP contribution in [-0.4, -0.2) is 28.5 Å². The molecule has 0 saturated carbocycles. The summed E-state index contributed by atoms with van der Waals surface area (Å²) in [6.07, 6.45) is 2.78. The van der Waals surface area contributed by atoms with Crippen LogP contribution in [0.5, 0.6) is 0 Å². The Morgan fingerprint density at radius 2 is 2.73 bits per heavy atom. The van der Waals surface area contributed by atoms with Gasteiger partial charge in [-0.15, -0.1) is 0 Å². The van der Waals surface area contributed by atoms with Gasteiger partial charge >= 0.3 is 0 Å². The fourth-order valence-corrected chi connectivity index (χ4v) is 1.86. The molecule has 0 bridgehead atoms. The highest BCUT2D eigenvalue weighted by molar-refractivity contribution is 7.09. The maximum Gasteiger partial charge on any atom is 0.205 e. The lowest BCUT2D eigenvalue weighted by Crippen LogP contribution is -2.51. The van der Waals surface area contributed by atoms with Crippen LogP contribution < -0.4 is 10.6 Å². The summed E-state index contributed by atoms with van der Waals surface area (Å²) < 4.78 is 3.94. The minimum atomic E-state index is 0.503. The monoisotopic (exact) mass is 170 g/mol. The van der Waals surface area contributed by atoms with Crippen LogP contribution in [0.25, 0.3) is 0 Å². The molecule has 0 radical (unpaired) electrons. The number of rotatable bonds is 2. The zero-order valence-electron chi connectivity index (χ0n) is 6.10. The summed E-state index contributed by atoms with van der Waals surface area (Å²) in [6.45, 7) is 1.80. The normalized spacial score (nSPS) is 23.4. The molecule has 0 amide bonds. The van der Waals surface area contributed by atoms with E-state index in [1.807, 2.05) is 0 Å². The summed E-state index contributed by atoms with van der Waals surface area (Å²) in [7, 11) is 0. The van der Waals surface area contributed by atoms with E-state index in [0.29, 0.717) is 6.04 Å². The van der Waals surface area contributed by atoms with E-state index < -0.39 is 0 Å². The summed E-state index contributed by atoms with van der Waals surface area (Å²) in [5.74, 6) is 0. The average Bonchev–Trinajstić information content (AvgIpc) is 2.39. The van der Waals surface area contributed by atoms with E-state index in [-0.39, 0.29) is 0 Å². The molecule has 1 aliphatic rings. The Labute approximate surface area is 69.2 Å². The van der Waals surface area contributed by atoms with Gasteiger partial charge < -0.3 is 10.6 Å². The zero-order chi connectivity index (χ0) is 7.68. The van der Waals surface area contributed by atoms with Gasteiger partial charge in [0.2, 0.25) is 5.13 Å². The molecule has 11 heavy (non-hydrogen) atoms. The summed E-state index contributed by atoms with van der Waals surface area (Å²) >= 11 is 1.44. The molecule has 1 saturated heterocycles. The number of aromatic nitrogens is 2. The first-order chi connectivity index (χ1) is 5.42.